The number of benzene rings is 2. The lowest BCUT2D eigenvalue weighted by Crippen LogP contribution is -2.04. The quantitative estimate of drug-likeness (QED) is 0.788. The highest BCUT2D eigenvalue weighted by molar-refractivity contribution is 5.76. The van der Waals surface area contributed by atoms with Crippen LogP contribution >= 0.6 is 0 Å². The molecule has 0 atom stereocenters. The van der Waals surface area contributed by atoms with Crippen LogP contribution in [-0.2, 0) is 6.54 Å². The lowest BCUT2D eigenvalue weighted by atomic mass is 10.2. The number of nitrogens with zero attached hydrogens (tertiary/aromatic N) is 2. The maximum absolute atomic E-state index is 5.24. The Kier molecular flexibility index (Phi) is 4.46. The van der Waals surface area contributed by atoms with Gasteiger partial charge in [0.1, 0.15) is 6.33 Å². The van der Waals surface area contributed by atoms with Gasteiger partial charge in [-0.1, -0.05) is 24.3 Å². The van der Waals surface area contributed by atoms with Crippen molar-refractivity contribution in [2.45, 2.75) is 6.54 Å². The normalized spacial score (nSPS) is 11.9. The van der Waals surface area contributed by atoms with Gasteiger partial charge in [-0.15, -0.1) is 0 Å². The molecule has 4 rings (SSSR count). The Hall–Kier alpha value is -2.66. The third kappa shape index (κ3) is 3.32. The van der Waals surface area contributed by atoms with E-state index >= 15 is 0 Å². The predicted molar refractivity (Wildman–Crippen MR) is 84.9 cm³/mol. The van der Waals surface area contributed by atoms with Gasteiger partial charge < -0.3 is 14.8 Å². The largest absolute Gasteiger partial charge is 0.454 e. The van der Waals surface area contributed by atoms with E-state index in [-0.39, 0.29) is 0 Å². The van der Waals surface area contributed by atoms with E-state index in [9.17, 15) is 0 Å². The van der Waals surface area contributed by atoms with E-state index in [4.69, 9.17) is 9.47 Å². The lowest BCUT2D eigenvalue weighted by molar-refractivity contribution is 0.174. The smallest absolute Gasteiger partial charge is 0.231 e. The van der Waals surface area contributed by atoms with Crippen molar-refractivity contribution in [1.82, 2.24) is 15.3 Å². The topological polar surface area (TPSA) is 56.3 Å². The molecule has 1 aliphatic heterocycles. The predicted octanol–water partition coefficient (Wildman–Crippen LogP) is 2.76. The summed E-state index contributed by atoms with van der Waals surface area (Å²) in [5.41, 5.74) is 2.21. The number of para-hydroxylation sites is 1. The minimum absolute atomic E-state index is 0.346. The first-order valence-electron chi connectivity index (χ1n) is 7.04. The maximum Gasteiger partial charge on any atom is 0.231 e. The molecule has 0 amide bonds. The Balaban J connectivity index is 0.000000133. The molecule has 1 aromatic heterocycles. The summed E-state index contributed by atoms with van der Waals surface area (Å²) in [5, 5.41) is 4.17. The molecule has 5 heteroatoms. The van der Waals surface area contributed by atoms with Gasteiger partial charge in [-0.3, -0.25) is 0 Å². The maximum atomic E-state index is 5.24. The first-order valence-corrected chi connectivity index (χ1v) is 7.04. The molecule has 0 bridgehead atoms. The molecule has 0 unspecified atom stereocenters. The van der Waals surface area contributed by atoms with Crippen LogP contribution in [0, 0.1) is 0 Å². The Morgan fingerprint density at radius 3 is 2.82 bits per heavy atom. The van der Waals surface area contributed by atoms with Crippen LogP contribution in [0.15, 0.2) is 55.0 Å². The zero-order valence-corrected chi connectivity index (χ0v) is 12.3. The summed E-state index contributed by atoms with van der Waals surface area (Å²) >= 11 is 0. The van der Waals surface area contributed by atoms with E-state index in [1.807, 2.05) is 55.7 Å². The molecule has 0 saturated heterocycles. The van der Waals surface area contributed by atoms with Crippen molar-refractivity contribution in [3.63, 3.8) is 0 Å². The van der Waals surface area contributed by atoms with E-state index in [1.54, 1.807) is 6.33 Å². The van der Waals surface area contributed by atoms with Crippen LogP contribution in [0.1, 0.15) is 5.56 Å². The fourth-order valence-corrected chi connectivity index (χ4v) is 2.18. The molecule has 112 valence electrons. The SMILES string of the molecule is CNCc1ccc2c(c1)OCO2.c1ccc2ncncc2c1. The second kappa shape index (κ2) is 6.87. The highest BCUT2D eigenvalue weighted by Crippen LogP contribution is 2.32. The van der Waals surface area contributed by atoms with Crippen molar-refractivity contribution >= 4 is 10.9 Å². The molecule has 1 aliphatic rings. The molecule has 0 aliphatic carbocycles. The highest BCUT2D eigenvalue weighted by atomic mass is 16.7. The summed E-state index contributed by atoms with van der Waals surface area (Å²) in [7, 11) is 1.92. The number of rotatable bonds is 2. The summed E-state index contributed by atoms with van der Waals surface area (Å²) in [6.07, 6.45) is 3.37. The number of hydrogen-bond donors (Lipinski definition) is 1. The molecule has 0 radical (unpaired) electrons. The molecular weight excluding hydrogens is 278 g/mol. The van der Waals surface area contributed by atoms with E-state index in [0.717, 1.165) is 28.9 Å². The Labute approximate surface area is 128 Å². The number of aromatic nitrogens is 2. The van der Waals surface area contributed by atoms with E-state index < -0.39 is 0 Å². The molecule has 2 aromatic carbocycles. The van der Waals surface area contributed by atoms with Crippen molar-refractivity contribution in [2.75, 3.05) is 13.8 Å². The van der Waals surface area contributed by atoms with Gasteiger partial charge in [-0.05, 0) is 30.8 Å². The summed E-state index contributed by atoms with van der Waals surface area (Å²) in [4.78, 5) is 7.97. The Bertz CT molecular complexity index is 696. The van der Waals surface area contributed by atoms with Gasteiger partial charge in [0.25, 0.3) is 0 Å². The highest BCUT2D eigenvalue weighted by Gasteiger charge is 2.12. The third-order valence-corrected chi connectivity index (χ3v) is 3.23. The first kappa shape index (κ1) is 14.3. The molecule has 5 nitrogen and oxygen atoms in total. The van der Waals surface area contributed by atoms with Gasteiger partial charge in [0.15, 0.2) is 11.5 Å². The lowest BCUT2D eigenvalue weighted by Gasteiger charge is -2.00. The summed E-state index contributed by atoms with van der Waals surface area (Å²) < 4.78 is 10.4. The van der Waals surface area contributed by atoms with Gasteiger partial charge in [0, 0.05) is 18.1 Å². The van der Waals surface area contributed by atoms with Crippen molar-refractivity contribution < 1.29 is 9.47 Å². The third-order valence-electron chi connectivity index (χ3n) is 3.23. The van der Waals surface area contributed by atoms with Gasteiger partial charge in [-0.25, -0.2) is 9.97 Å². The first-order chi connectivity index (χ1) is 10.9. The minimum atomic E-state index is 0.346. The van der Waals surface area contributed by atoms with Gasteiger partial charge in [0.2, 0.25) is 6.79 Å². The van der Waals surface area contributed by atoms with Crippen molar-refractivity contribution in [2.24, 2.45) is 0 Å². The van der Waals surface area contributed by atoms with Crippen LogP contribution in [-0.4, -0.2) is 23.8 Å². The van der Waals surface area contributed by atoms with Crippen LogP contribution in [0.25, 0.3) is 10.9 Å². The molecule has 3 aromatic rings. The molecule has 22 heavy (non-hydrogen) atoms. The molecule has 1 N–H and O–H groups in total. The standard InChI is InChI=1S/C9H11NO2.C8H6N2/c1-10-5-7-2-3-8-9(4-7)12-6-11-8;1-2-4-8-7(3-1)5-9-6-10-8/h2-4,10H,5-6H2,1H3;1-6H. The number of nitrogens with one attached hydrogen (secondary N) is 1. The second-order valence-corrected chi connectivity index (χ2v) is 4.80. The zero-order valence-electron chi connectivity index (χ0n) is 12.3. The molecule has 2 heterocycles. The number of fused-ring (bicyclic) bond motifs is 2. The Morgan fingerprint density at radius 1 is 1.09 bits per heavy atom. The van der Waals surface area contributed by atoms with Crippen LogP contribution in [0.2, 0.25) is 0 Å². The second-order valence-electron chi connectivity index (χ2n) is 4.80. The minimum Gasteiger partial charge on any atom is -0.454 e. The van der Waals surface area contributed by atoms with E-state index in [1.165, 1.54) is 5.56 Å². The van der Waals surface area contributed by atoms with Crippen LogP contribution in [0.5, 0.6) is 11.5 Å². The van der Waals surface area contributed by atoms with Gasteiger partial charge >= 0.3 is 0 Å². The fraction of sp³-hybridized carbons (Fsp3) is 0.176. The molecule has 0 spiro atoms. The molecular formula is C17H17N3O2. The fourth-order valence-electron chi connectivity index (χ4n) is 2.18. The average Bonchev–Trinajstić information content (AvgIpc) is 3.04. The average molecular weight is 295 g/mol. The number of hydrogen-bond acceptors (Lipinski definition) is 5. The van der Waals surface area contributed by atoms with Gasteiger partial charge in [0.05, 0.1) is 5.52 Å². The van der Waals surface area contributed by atoms with E-state index in [0.29, 0.717) is 6.79 Å². The van der Waals surface area contributed by atoms with Crippen molar-refractivity contribution in [3.05, 3.63) is 60.6 Å². The van der Waals surface area contributed by atoms with Crippen molar-refractivity contribution in [1.29, 1.82) is 0 Å². The van der Waals surface area contributed by atoms with Crippen LogP contribution in [0.4, 0.5) is 0 Å². The Morgan fingerprint density at radius 2 is 1.95 bits per heavy atom. The van der Waals surface area contributed by atoms with E-state index in [2.05, 4.69) is 15.3 Å². The van der Waals surface area contributed by atoms with Gasteiger partial charge in [-0.2, -0.15) is 0 Å². The molecule has 0 fully saturated rings. The van der Waals surface area contributed by atoms with Crippen molar-refractivity contribution in [3.8, 4) is 11.5 Å². The van der Waals surface area contributed by atoms with Crippen LogP contribution < -0.4 is 14.8 Å². The molecule has 0 saturated carbocycles. The van der Waals surface area contributed by atoms with Crippen LogP contribution in [0.3, 0.4) is 0 Å². The summed E-state index contributed by atoms with van der Waals surface area (Å²) in [6, 6.07) is 13.9. The zero-order chi connectivity index (χ0) is 15.2. The summed E-state index contributed by atoms with van der Waals surface area (Å²) in [6.45, 7) is 1.20. The number of ether oxygens (including phenoxy) is 2. The monoisotopic (exact) mass is 295 g/mol. The summed E-state index contributed by atoms with van der Waals surface area (Å²) in [5.74, 6) is 1.69.